The van der Waals surface area contributed by atoms with Crippen molar-refractivity contribution in [2.75, 3.05) is 0 Å². The molecule has 0 spiro atoms. The van der Waals surface area contributed by atoms with Crippen LogP contribution in [0.15, 0.2) is 66.7 Å². The van der Waals surface area contributed by atoms with Crippen molar-refractivity contribution in [1.82, 2.24) is 0 Å². The Morgan fingerprint density at radius 3 is 1.83 bits per heavy atom. The summed E-state index contributed by atoms with van der Waals surface area (Å²) in [5.41, 5.74) is 6.73. The fourth-order valence-electron chi connectivity index (χ4n) is 1.43. The molecule has 0 aliphatic carbocycles. The Kier molecular flexibility index (Phi) is 11.7. The molecular weight excluding hydrogens is 330 g/mol. The van der Waals surface area contributed by atoms with Gasteiger partial charge in [0.15, 0.2) is 5.78 Å². The molecule has 2 aromatic rings. The predicted molar refractivity (Wildman–Crippen MR) is 102 cm³/mol. The summed E-state index contributed by atoms with van der Waals surface area (Å²) in [5.74, 6) is 0.0319. The van der Waals surface area contributed by atoms with E-state index in [4.69, 9.17) is 10.2 Å². The number of aliphatic hydroxyl groups is 2. The van der Waals surface area contributed by atoms with Gasteiger partial charge in [0.1, 0.15) is 5.55 Å². The van der Waals surface area contributed by atoms with Crippen molar-refractivity contribution in [3.63, 3.8) is 0 Å². The topological polar surface area (TPSA) is 83.5 Å². The molecule has 0 heterocycles. The van der Waals surface area contributed by atoms with Crippen LogP contribution < -0.4 is 5.73 Å². The fourth-order valence-corrected chi connectivity index (χ4v) is 1.43. The van der Waals surface area contributed by atoms with Crippen molar-refractivity contribution in [2.24, 2.45) is 5.73 Å². The average molecular weight is 347 g/mol. The van der Waals surface area contributed by atoms with Gasteiger partial charge in [-0.05, 0) is 36.1 Å². The van der Waals surface area contributed by atoms with Crippen LogP contribution in [0.2, 0.25) is 0 Å². The minimum absolute atomic E-state index is 0.0319. The zero-order chi connectivity index (χ0) is 17.5. The highest BCUT2D eigenvalue weighted by Gasteiger charge is 1.98. The normalized spacial score (nSPS) is 8.87. The summed E-state index contributed by atoms with van der Waals surface area (Å²) in [6.45, 7) is 0. The third-order valence-corrected chi connectivity index (χ3v) is 2.29. The number of hydrogen-bond acceptors (Lipinski definition) is 3. The summed E-state index contributed by atoms with van der Waals surface area (Å²) >= 11 is 7.69. The first-order chi connectivity index (χ1) is 11.0. The van der Waals surface area contributed by atoms with Crippen molar-refractivity contribution < 1.29 is 15.0 Å². The molecule has 0 bridgehead atoms. The summed E-state index contributed by atoms with van der Waals surface area (Å²) in [6.07, 6.45) is 3.43. The fraction of sp³-hybridized carbons (Fsp3) is 0. The quantitative estimate of drug-likeness (QED) is 0.444. The molecule has 0 fully saturated rings. The number of allylic oxidation sites excluding steroid dienone is 1. The highest BCUT2D eigenvalue weighted by Crippen LogP contribution is 2.05. The largest absolute Gasteiger partial charge is 0.504 e. The number of nitrogens with two attached hydrogens (primary N) is 1. The van der Waals surface area contributed by atoms with E-state index in [0.717, 1.165) is 11.1 Å². The lowest BCUT2D eigenvalue weighted by atomic mass is 10.1. The lowest BCUT2D eigenvalue weighted by Gasteiger charge is -1.94. The van der Waals surface area contributed by atoms with Gasteiger partial charge in [0.2, 0.25) is 0 Å². The van der Waals surface area contributed by atoms with Crippen LogP contribution in [-0.4, -0.2) is 26.7 Å². The summed E-state index contributed by atoms with van der Waals surface area (Å²) in [5, 5.41) is 14.3. The van der Waals surface area contributed by atoms with E-state index in [1.165, 1.54) is 0 Å². The third kappa shape index (κ3) is 11.7. The van der Waals surface area contributed by atoms with Crippen LogP contribution in [0.4, 0.5) is 0 Å². The van der Waals surface area contributed by atoms with Crippen LogP contribution in [0, 0.1) is 0 Å². The number of carbonyl (C=O) groups is 1. The van der Waals surface area contributed by atoms with Crippen molar-refractivity contribution >= 4 is 47.0 Å². The number of carbonyl (C=O) groups excluding carboxylic acids is 1. The zero-order valence-electron chi connectivity index (χ0n) is 12.2. The Morgan fingerprint density at radius 1 is 1.00 bits per heavy atom. The van der Waals surface area contributed by atoms with E-state index in [2.05, 4.69) is 30.2 Å². The van der Waals surface area contributed by atoms with Gasteiger partial charge < -0.3 is 15.9 Å². The van der Waals surface area contributed by atoms with Gasteiger partial charge in [-0.3, -0.25) is 4.79 Å². The number of ketones is 1. The van der Waals surface area contributed by atoms with Crippen molar-refractivity contribution in [2.45, 2.75) is 0 Å². The van der Waals surface area contributed by atoms with Gasteiger partial charge in [0.25, 0.3) is 5.17 Å². The van der Waals surface area contributed by atoms with Crippen LogP contribution in [-0.2, 0) is 0 Å². The molecule has 6 heteroatoms. The summed E-state index contributed by atoms with van der Waals surface area (Å²) < 4.78 is 0. The van der Waals surface area contributed by atoms with Crippen LogP contribution >= 0.6 is 24.4 Å². The van der Waals surface area contributed by atoms with E-state index in [9.17, 15) is 4.79 Å². The molecule has 4 nitrogen and oxygen atoms in total. The molecule has 0 saturated heterocycles. The number of hydrogen-bond donors (Lipinski definition) is 3. The van der Waals surface area contributed by atoms with Crippen LogP contribution in [0.1, 0.15) is 15.9 Å². The molecule has 4 N–H and O–H groups in total. The van der Waals surface area contributed by atoms with Crippen molar-refractivity contribution in [3.8, 4) is 0 Å². The Labute approximate surface area is 145 Å². The number of rotatable bonds is 3. The second kappa shape index (κ2) is 13.1. The number of benzene rings is 2. The van der Waals surface area contributed by atoms with E-state index in [1.807, 2.05) is 66.7 Å². The zero-order valence-corrected chi connectivity index (χ0v) is 13.8. The van der Waals surface area contributed by atoms with E-state index >= 15 is 0 Å². The van der Waals surface area contributed by atoms with Crippen LogP contribution in [0.3, 0.4) is 0 Å². The minimum atomic E-state index is -0.500. The summed E-state index contributed by atoms with van der Waals surface area (Å²) in [6, 6.07) is 19.1. The lowest BCUT2D eigenvalue weighted by Crippen LogP contribution is -2.03. The molecule has 0 saturated carbocycles. The van der Waals surface area contributed by atoms with Crippen LogP contribution in [0.5, 0.6) is 0 Å². The highest BCUT2D eigenvalue weighted by atomic mass is 32.1. The maximum Gasteiger partial charge on any atom is 0.251 e. The SMILES string of the molecule is NC(O)=S.O=C(C=Cc1ccccc1)c1ccccc1.OC=S. The van der Waals surface area contributed by atoms with E-state index < -0.39 is 5.17 Å². The molecule has 2 rings (SSSR count). The second-order valence-corrected chi connectivity index (χ2v) is 4.55. The molecular formula is C17H17NO3S2. The molecule has 0 aliphatic rings. The van der Waals surface area contributed by atoms with Gasteiger partial charge in [-0.25, -0.2) is 0 Å². The molecule has 0 aromatic heterocycles. The maximum absolute atomic E-state index is 11.7. The Bertz CT molecular complexity index is 625. The highest BCUT2D eigenvalue weighted by molar-refractivity contribution is 7.79. The van der Waals surface area contributed by atoms with E-state index in [-0.39, 0.29) is 5.78 Å². The molecule has 2 aromatic carbocycles. The summed E-state index contributed by atoms with van der Waals surface area (Å²) in [7, 11) is 0. The van der Waals surface area contributed by atoms with Gasteiger partial charge in [0.05, 0.1) is 0 Å². The van der Waals surface area contributed by atoms with Gasteiger partial charge in [-0.2, -0.15) is 0 Å². The van der Waals surface area contributed by atoms with Gasteiger partial charge in [0, 0.05) is 5.56 Å². The Hall–Kier alpha value is -2.57. The Morgan fingerprint density at radius 2 is 1.39 bits per heavy atom. The molecule has 0 unspecified atom stereocenters. The first kappa shape index (κ1) is 20.4. The first-order valence-electron chi connectivity index (χ1n) is 6.40. The predicted octanol–water partition coefficient (Wildman–Crippen LogP) is 3.87. The van der Waals surface area contributed by atoms with Crippen molar-refractivity contribution in [3.05, 3.63) is 77.9 Å². The lowest BCUT2D eigenvalue weighted by molar-refractivity contribution is 0.104. The van der Waals surface area contributed by atoms with Crippen molar-refractivity contribution in [1.29, 1.82) is 0 Å². The number of aliphatic hydroxyl groups excluding tert-OH is 2. The van der Waals surface area contributed by atoms with Crippen LogP contribution in [0.25, 0.3) is 6.08 Å². The van der Waals surface area contributed by atoms with E-state index in [0.29, 0.717) is 5.55 Å². The molecule has 120 valence electrons. The second-order valence-electron chi connectivity index (χ2n) is 3.92. The third-order valence-electron chi connectivity index (χ3n) is 2.29. The van der Waals surface area contributed by atoms with E-state index in [1.54, 1.807) is 6.08 Å². The van der Waals surface area contributed by atoms with Gasteiger partial charge in [-0.15, -0.1) is 0 Å². The maximum atomic E-state index is 11.7. The standard InChI is InChI=1S/C15H12O.CH3NOS.CH2OS/c16-15(14-9-5-2-6-10-14)12-11-13-7-3-1-4-8-13;2-1(3)4;2-1-3/h1-12H;(H3,2,3,4);1H,(H,2,3). The average Bonchev–Trinajstić information content (AvgIpc) is 2.55. The first-order valence-corrected chi connectivity index (χ1v) is 7.28. The summed E-state index contributed by atoms with van der Waals surface area (Å²) in [4.78, 5) is 11.7. The monoisotopic (exact) mass is 347 g/mol. The van der Waals surface area contributed by atoms with Gasteiger partial charge in [-0.1, -0.05) is 66.7 Å². The molecule has 0 atom stereocenters. The molecule has 0 radical (unpaired) electrons. The molecule has 23 heavy (non-hydrogen) atoms. The molecule has 0 aliphatic heterocycles. The number of thiocarbonyl (C=S) groups is 2. The molecule has 0 amide bonds. The Balaban J connectivity index is 0.000000591. The van der Waals surface area contributed by atoms with Gasteiger partial charge >= 0.3 is 0 Å². The smallest absolute Gasteiger partial charge is 0.251 e. The minimum Gasteiger partial charge on any atom is -0.504 e.